The van der Waals surface area contributed by atoms with E-state index in [0.29, 0.717) is 12.1 Å². The molecule has 2 amide bonds. The molecule has 24 heavy (non-hydrogen) atoms. The lowest BCUT2D eigenvalue weighted by Gasteiger charge is -2.33. The van der Waals surface area contributed by atoms with Crippen LogP contribution in [0.15, 0.2) is 12.1 Å². The second-order valence-corrected chi connectivity index (χ2v) is 6.57. The first-order valence-electron chi connectivity index (χ1n) is 7.37. The number of carbonyl (C=O) groups is 2. The van der Waals surface area contributed by atoms with Gasteiger partial charge in [-0.1, -0.05) is 27.7 Å². The largest absolute Gasteiger partial charge is 0.392 e. The van der Waals surface area contributed by atoms with Gasteiger partial charge < -0.3 is 15.7 Å². The van der Waals surface area contributed by atoms with Crippen molar-refractivity contribution in [1.82, 2.24) is 5.32 Å². The monoisotopic (exact) mass is 346 g/mol. The Balaban J connectivity index is 2.68. The Hall–Kier alpha value is -2.09. The molecule has 0 aliphatic carbocycles. The van der Waals surface area contributed by atoms with Crippen LogP contribution in [-0.4, -0.2) is 29.6 Å². The summed E-state index contributed by atoms with van der Waals surface area (Å²) >= 11 is 0. The number of aliphatic hydroxyl groups is 1. The number of rotatable bonds is 5. The number of anilines is 1. The highest BCUT2D eigenvalue weighted by molar-refractivity contribution is 6.39. The molecule has 0 heterocycles. The minimum Gasteiger partial charge on any atom is -0.392 e. The summed E-state index contributed by atoms with van der Waals surface area (Å²) in [5, 5.41) is 14.4. The van der Waals surface area contributed by atoms with Crippen LogP contribution in [0.2, 0.25) is 0 Å². The molecule has 0 radical (unpaired) electrons. The molecule has 0 aromatic heterocycles. The molecule has 0 saturated carbocycles. The fraction of sp³-hybridized carbons (Fsp3) is 0.500. The molecular weight excluding hydrogens is 325 g/mol. The number of carbonyl (C=O) groups excluding carboxylic acids is 2. The first-order chi connectivity index (χ1) is 11.0. The molecule has 5 nitrogen and oxygen atoms in total. The predicted octanol–water partition coefficient (Wildman–Crippen LogP) is 2.20. The Bertz CT molecular complexity index is 610. The maximum atomic E-state index is 13.1. The quantitative estimate of drug-likeness (QED) is 0.565. The normalized spacial score (nSPS) is 12.9. The Kier molecular flexibility index (Phi) is 6.36. The molecule has 0 aliphatic rings. The summed E-state index contributed by atoms with van der Waals surface area (Å²) in [6.45, 7) is 7.10. The van der Waals surface area contributed by atoms with Gasteiger partial charge in [-0.15, -0.1) is 0 Å². The summed E-state index contributed by atoms with van der Waals surface area (Å²) in [5.74, 6) is -6.86. The van der Waals surface area contributed by atoms with Gasteiger partial charge in [0.2, 0.25) is 0 Å². The van der Waals surface area contributed by atoms with Gasteiger partial charge in [0.05, 0.1) is 6.10 Å². The lowest BCUT2D eigenvalue weighted by Crippen LogP contribution is -2.46. The summed E-state index contributed by atoms with van der Waals surface area (Å²) in [6, 6.07) is 1.13. The zero-order chi connectivity index (χ0) is 18.7. The average molecular weight is 346 g/mol. The van der Waals surface area contributed by atoms with E-state index in [4.69, 9.17) is 0 Å². The summed E-state index contributed by atoms with van der Waals surface area (Å²) < 4.78 is 39.0. The van der Waals surface area contributed by atoms with Gasteiger partial charge in [0.25, 0.3) is 0 Å². The molecule has 1 atom stereocenters. The van der Waals surface area contributed by atoms with Gasteiger partial charge in [-0.05, 0) is 5.92 Å². The molecule has 1 rings (SSSR count). The predicted molar refractivity (Wildman–Crippen MR) is 82.6 cm³/mol. The summed E-state index contributed by atoms with van der Waals surface area (Å²) in [6.07, 6.45) is -0.707. The highest BCUT2D eigenvalue weighted by Crippen LogP contribution is 2.25. The lowest BCUT2D eigenvalue weighted by molar-refractivity contribution is -0.136. The van der Waals surface area contributed by atoms with Crippen molar-refractivity contribution < 1.29 is 27.9 Å². The maximum absolute atomic E-state index is 13.1. The van der Waals surface area contributed by atoms with Crippen LogP contribution < -0.4 is 10.6 Å². The molecule has 0 aliphatic heterocycles. The molecule has 3 N–H and O–H groups in total. The molecule has 0 bridgehead atoms. The van der Waals surface area contributed by atoms with Crippen LogP contribution in [0.4, 0.5) is 18.9 Å². The standard InChI is InChI=1S/C16H21F3N2O3/c1-8(2)13(22)16(3,4)7-20-14(23)15(24)21-9-5-10(17)12(19)11(18)6-9/h5-6,8,13,22H,7H2,1-4H3,(H,20,23)(H,21,24). The number of benzene rings is 1. The maximum Gasteiger partial charge on any atom is 0.313 e. The van der Waals surface area contributed by atoms with Crippen molar-refractivity contribution in [2.24, 2.45) is 11.3 Å². The third-order valence-electron chi connectivity index (χ3n) is 3.58. The van der Waals surface area contributed by atoms with Crippen molar-refractivity contribution in [3.8, 4) is 0 Å². The van der Waals surface area contributed by atoms with Gasteiger partial charge >= 0.3 is 11.8 Å². The topological polar surface area (TPSA) is 78.4 Å². The van der Waals surface area contributed by atoms with Crippen LogP contribution in [0.5, 0.6) is 0 Å². The van der Waals surface area contributed by atoms with Crippen molar-refractivity contribution in [3.63, 3.8) is 0 Å². The summed E-state index contributed by atoms with van der Waals surface area (Å²) in [4.78, 5) is 23.5. The number of amides is 2. The van der Waals surface area contributed by atoms with Gasteiger partial charge in [0.15, 0.2) is 17.5 Å². The van der Waals surface area contributed by atoms with Gasteiger partial charge in [-0.25, -0.2) is 13.2 Å². The molecule has 134 valence electrons. The summed E-state index contributed by atoms with van der Waals surface area (Å²) in [7, 11) is 0. The van der Waals surface area contributed by atoms with Crippen molar-refractivity contribution in [2.75, 3.05) is 11.9 Å². The Morgan fingerprint density at radius 1 is 1.12 bits per heavy atom. The number of halogens is 3. The SMILES string of the molecule is CC(C)C(O)C(C)(C)CNC(=O)C(=O)Nc1cc(F)c(F)c(F)c1. The number of nitrogens with one attached hydrogen (secondary N) is 2. The van der Waals surface area contributed by atoms with Crippen LogP contribution in [0.25, 0.3) is 0 Å². The highest BCUT2D eigenvalue weighted by Gasteiger charge is 2.31. The number of hydrogen-bond donors (Lipinski definition) is 3. The van der Waals surface area contributed by atoms with E-state index in [2.05, 4.69) is 5.32 Å². The second-order valence-electron chi connectivity index (χ2n) is 6.57. The van der Waals surface area contributed by atoms with E-state index in [9.17, 15) is 27.9 Å². The fourth-order valence-corrected chi connectivity index (χ4v) is 2.21. The van der Waals surface area contributed by atoms with E-state index in [0.717, 1.165) is 0 Å². The van der Waals surface area contributed by atoms with Crippen LogP contribution in [0, 0.1) is 28.8 Å². The van der Waals surface area contributed by atoms with Crippen molar-refractivity contribution >= 4 is 17.5 Å². The van der Waals surface area contributed by atoms with Gasteiger partial charge in [-0.3, -0.25) is 9.59 Å². The molecular formula is C16H21F3N2O3. The van der Waals surface area contributed by atoms with Crippen molar-refractivity contribution in [3.05, 3.63) is 29.6 Å². The molecule has 1 aromatic carbocycles. The molecule has 1 unspecified atom stereocenters. The fourth-order valence-electron chi connectivity index (χ4n) is 2.21. The highest BCUT2D eigenvalue weighted by atomic mass is 19.2. The molecule has 1 aromatic rings. The number of hydrogen-bond acceptors (Lipinski definition) is 3. The van der Waals surface area contributed by atoms with E-state index in [-0.39, 0.29) is 18.2 Å². The van der Waals surface area contributed by atoms with E-state index in [1.807, 2.05) is 19.2 Å². The van der Waals surface area contributed by atoms with Crippen molar-refractivity contribution in [2.45, 2.75) is 33.8 Å². The number of aliphatic hydroxyl groups excluding tert-OH is 1. The second kappa shape index (κ2) is 7.65. The summed E-state index contributed by atoms with van der Waals surface area (Å²) in [5.41, 5.74) is -1.06. The Labute approximate surface area is 138 Å². The lowest BCUT2D eigenvalue weighted by atomic mass is 9.81. The Morgan fingerprint density at radius 2 is 1.62 bits per heavy atom. The van der Waals surface area contributed by atoms with Crippen LogP contribution in [-0.2, 0) is 9.59 Å². The zero-order valence-corrected chi connectivity index (χ0v) is 13.9. The third kappa shape index (κ3) is 4.95. The van der Waals surface area contributed by atoms with Gasteiger partial charge in [0.1, 0.15) is 0 Å². The zero-order valence-electron chi connectivity index (χ0n) is 13.9. The van der Waals surface area contributed by atoms with Gasteiger partial charge in [-0.2, -0.15) is 0 Å². The molecule has 0 saturated heterocycles. The van der Waals surface area contributed by atoms with E-state index in [1.165, 1.54) is 0 Å². The Morgan fingerprint density at radius 3 is 2.08 bits per heavy atom. The smallest absolute Gasteiger partial charge is 0.313 e. The van der Waals surface area contributed by atoms with Crippen LogP contribution in [0.3, 0.4) is 0 Å². The first-order valence-corrected chi connectivity index (χ1v) is 7.37. The minimum atomic E-state index is -1.66. The van der Waals surface area contributed by atoms with Crippen molar-refractivity contribution in [1.29, 1.82) is 0 Å². The first kappa shape index (κ1) is 20.0. The molecule has 0 spiro atoms. The van der Waals surface area contributed by atoms with E-state index >= 15 is 0 Å². The van der Waals surface area contributed by atoms with Gasteiger partial charge in [0, 0.05) is 29.8 Å². The molecule has 8 heteroatoms. The molecule has 0 fully saturated rings. The van der Waals surface area contributed by atoms with Crippen LogP contribution in [0.1, 0.15) is 27.7 Å². The third-order valence-corrected chi connectivity index (χ3v) is 3.58. The minimum absolute atomic E-state index is 0.0186. The van der Waals surface area contributed by atoms with E-state index < -0.39 is 40.8 Å². The van der Waals surface area contributed by atoms with Crippen LogP contribution >= 0.6 is 0 Å². The average Bonchev–Trinajstić information content (AvgIpc) is 2.49. The van der Waals surface area contributed by atoms with E-state index in [1.54, 1.807) is 13.8 Å².